The Bertz CT molecular complexity index is 1360. The fourth-order valence-electron chi connectivity index (χ4n) is 4.10. The molecule has 0 aliphatic carbocycles. The molecule has 8 heteroatoms. The minimum atomic E-state index is -4.09. The quantitative estimate of drug-likeness (QED) is 0.384. The number of sulfonamides is 1. The molecule has 3 aromatic carbocycles. The third kappa shape index (κ3) is 7.01. The molecule has 0 saturated carbocycles. The van der Waals surface area contributed by atoms with Gasteiger partial charge in [-0.25, -0.2) is 8.42 Å². The number of anilines is 1. The summed E-state index contributed by atoms with van der Waals surface area (Å²) in [5, 5.41) is 2.85. The lowest BCUT2D eigenvalue weighted by molar-refractivity contribution is -0.139. The van der Waals surface area contributed by atoms with Gasteiger partial charge in [0.15, 0.2) is 0 Å². The van der Waals surface area contributed by atoms with Crippen LogP contribution in [0.25, 0.3) is 0 Å². The molecule has 0 heterocycles. The minimum absolute atomic E-state index is 0.0974. The molecule has 0 aromatic heterocycles. The average Bonchev–Trinajstić information content (AvgIpc) is 2.90. The molecule has 0 aliphatic rings. The van der Waals surface area contributed by atoms with E-state index in [4.69, 9.17) is 0 Å². The van der Waals surface area contributed by atoms with Crippen LogP contribution in [0.5, 0.6) is 0 Å². The third-order valence-electron chi connectivity index (χ3n) is 6.43. The Kier molecular flexibility index (Phi) is 9.69. The van der Waals surface area contributed by atoms with Gasteiger partial charge in [0, 0.05) is 13.1 Å². The van der Waals surface area contributed by atoms with E-state index in [-0.39, 0.29) is 17.3 Å². The number of benzene rings is 3. The maximum atomic E-state index is 13.9. The average molecular weight is 536 g/mol. The largest absolute Gasteiger partial charge is 0.354 e. The second kappa shape index (κ2) is 12.7. The van der Waals surface area contributed by atoms with Gasteiger partial charge in [0.05, 0.1) is 10.6 Å². The number of carbonyl (C=O) groups excluding carboxylic acids is 2. The predicted octanol–water partition coefficient (Wildman–Crippen LogP) is 4.75. The lowest BCUT2D eigenvalue weighted by Gasteiger charge is -2.32. The number of nitrogens with one attached hydrogen (secondary N) is 1. The number of hydrogen-bond acceptors (Lipinski definition) is 4. The van der Waals surface area contributed by atoms with Crippen molar-refractivity contribution in [2.45, 2.75) is 58.5 Å². The normalized spacial score (nSPS) is 12.0. The molecule has 38 heavy (non-hydrogen) atoms. The first kappa shape index (κ1) is 28.9. The Balaban J connectivity index is 2.05. The summed E-state index contributed by atoms with van der Waals surface area (Å²) < 4.78 is 29.1. The summed E-state index contributed by atoms with van der Waals surface area (Å²) in [4.78, 5) is 28.4. The van der Waals surface area contributed by atoms with Gasteiger partial charge in [-0.15, -0.1) is 0 Å². The van der Waals surface area contributed by atoms with Crippen LogP contribution in [0.3, 0.4) is 0 Å². The van der Waals surface area contributed by atoms with Crippen LogP contribution < -0.4 is 9.62 Å². The Morgan fingerprint density at radius 3 is 2.16 bits per heavy atom. The highest BCUT2D eigenvalue weighted by Gasteiger charge is 2.33. The predicted molar refractivity (Wildman–Crippen MR) is 151 cm³/mol. The first-order chi connectivity index (χ1) is 18.0. The van der Waals surface area contributed by atoms with E-state index in [0.29, 0.717) is 12.2 Å². The monoisotopic (exact) mass is 535 g/mol. The van der Waals surface area contributed by atoms with Gasteiger partial charge in [0.1, 0.15) is 12.6 Å². The van der Waals surface area contributed by atoms with Crippen molar-refractivity contribution in [3.63, 3.8) is 0 Å². The molecule has 1 N–H and O–H groups in total. The zero-order valence-electron chi connectivity index (χ0n) is 22.8. The molecule has 0 saturated heterocycles. The molecular formula is C30H37N3O4S. The minimum Gasteiger partial charge on any atom is -0.354 e. The molecule has 0 fully saturated rings. The van der Waals surface area contributed by atoms with Crippen molar-refractivity contribution in [2.75, 3.05) is 17.4 Å². The highest BCUT2D eigenvalue weighted by Crippen LogP contribution is 2.28. The van der Waals surface area contributed by atoms with Crippen molar-refractivity contribution in [3.8, 4) is 0 Å². The molecule has 0 unspecified atom stereocenters. The Labute approximate surface area is 226 Å². The number of nitrogens with zero attached hydrogens (tertiary/aromatic N) is 2. The van der Waals surface area contributed by atoms with Crippen molar-refractivity contribution in [2.24, 2.45) is 0 Å². The van der Waals surface area contributed by atoms with Crippen LogP contribution in [0.1, 0.15) is 42.5 Å². The summed E-state index contributed by atoms with van der Waals surface area (Å²) in [5.41, 5.74) is 3.80. The van der Waals surface area contributed by atoms with Gasteiger partial charge in [0.25, 0.3) is 10.0 Å². The van der Waals surface area contributed by atoms with Crippen LogP contribution in [0.2, 0.25) is 0 Å². The third-order valence-corrected chi connectivity index (χ3v) is 8.21. The molecule has 7 nitrogen and oxygen atoms in total. The van der Waals surface area contributed by atoms with Gasteiger partial charge < -0.3 is 10.2 Å². The summed E-state index contributed by atoms with van der Waals surface area (Å²) in [6, 6.07) is 20.7. The highest BCUT2D eigenvalue weighted by molar-refractivity contribution is 7.92. The molecule has 0 spiro atoms. The van der Waals surface area contributed by atoms with Crippen LogP contribution >= 0.6 is 0 Å². The van der Waals surface area contributed by atoms with E-state index in [0.717, 1.165) is 33.0 Å². The zero-order valence-corrected chi connectivity index (χ0v) is 23.6. The number of amides is 2. The summed E-state index contributed by atoms with van der Waals surface area (Å²) in [7, 11) is -4.09. The summed E-state index contributed by atoms with van der Waals surface area (Å²) in [5.74, 6) is -0.750. The molecule has 3 rings (SSSR count). The van der Waals surface area contributed by atoms with Crippen molar-refractivity contribution in [1.82, 2.24) is 10.2 Å². The van der Waals surface area contributed by atoms with Crippen molar-refractivity contribution < 1.29 is 18.0 Å². The molecule has 2 amide bonds. The Morgan fingerprint density at radius 2 is 1.53 bits per heavy atom. The molecule has 202 valence electrons. The number of rotatable bonds is 11. The van der Waals surface area contributed by atoms with E-state index in [9.17, 15) is 18.0 Å². The fraction of sp³-hybridized carbons (Fsp3) is 0.333. The van der Waals surface area contributed by atoms with Crippen LogP contribution in [0.15, 0.2) is 77.7 Å². The van der Waals surface area contributed by atoms with E-state index in [2.05, 4.69) is 5.32 Å². The first-order valence-electron chi connectivity index (χ1n) is 12.8. The highest BCUT2D eigenvalue weighted by atomic mass is 32.2. The lowest BCUT2D eigenvalue weighted by atomic mass is 10.1. The molecule has 0 radical (unpaired) electrons. The van der Waals surface area contributed by atoms with E-state index in [1.807, 2.05) is 70.2 Å². The van der Waals surface area contributed by atoms with Gasteiger partial charge in [-0.05, 0) is 69.0 Å². The standard InChI is InChI=1S/C30H37N3O4S/c1-6-18-31-30(35)25(5)32(20-26-10-8-7-9-11-26)29(34)21-33(28-19-23(3)12-15-24(28)4)38(36,37)27-16-13-22(2)14-17-27/h7-17,19,25H,6,18,20-21H2,1-5H3,(H,31,35)/t25-/m0/s1. The molecular weight excluding hydrogens is 498 g/mol. The molecule has 0 aliphatic heterocycles. The maximum Gasteiger partial charge on any atom is 0.264 e. The van der Waals surface area contributed by atoms with Gasteiger partial charge >= 0.3 is 0 Å². The van der Waals surface area contributed by atoms with E-state index < -0.39 is 28.5 Å². The second-order valence-corrected chi connectivity index (χ2v) is 11.5. The molecule has 1 atom stereocenters. The summed E-state index contributed by atoms with van der Waals surface area (Å²) in [6.07, 6.45) is 0.764. The van der Waals surface area contributed by atoms with Gasteiger partial charge in [-0.3, -0.25) is 13.9 Å². The smallest absolute Gasteiger partial charge is 0.264 e. The van der Waals surface area contributed by atoms with Gasteiger partial charge in [-0.1, -0.05) is 67.1 Å². The second-order valence-electron chi connectivity index (χ2n) is 9.59. The maximum absolute atomic E-state index is 13.9. The van der Waals surface area contributed by atoms with Crippen LogP contribution in [-0.2, 0) is 26.2 Å². The number of carbonyl (C=O) groups is 2. The van der Waals surface area contributed by atoms with Crippen LogP contribution in [-0.4, -0.2) is 44.3 Å². The lowest BCUT2D eigenvalue weighted by Crippen LogP contribution is -2.51. The van der Waals surface area contributed by atoms with Crippen molar-refractivity contribution in [3.05, 3.63) is 95.1 Å². The Morgan fingerprint density at radius 1 is 0.895 bits per heavy atom. The SMILES string of the molecule is CCCNC(=O)[C@H](C)N(Cc1ccccc1)C(=O)CN(c1cc(C)ccc1C)S(=O)(=O)c1ccc(C)cc1. The van der Waals surface area contributed by atoms with E-state index in [1.54, 1.807) is 37.3 Å². The number of hydrogen-bond donors (Lipinski definition) is 1. The van der Waals surface area contributed by atoms with Crippen LogP contribution in [0.4, 0.5) is 5.69 Å². The zero-order chi connectivity index (χ0) is 27.9. The Hall–Kier alpha value is -3.65. The van der Waals surface area contributed by atoms with Crippen molar-refractivity contribution in [1.29, 1.82) is 0 Å². The number of aryl methyl sites for hydroxylation is 3. The summed E-state index contributed by atoms with van der Waals surface area (Å²) >= 11 is 0. The van der Waals surface area contributed by atoms with Crippen LogP contribution in [0, 0.1) is 20.8 Å². The molecule has 3 aromatic rings. The van der Waals surface area contributed by atoms with Gasteiger partial charge in [-0.2, -0.15) is 0 Å². The van der Waals surface area contributed by atoms with Gasteiger partial charge in [0.2, 0.25) is 11.8 Å². The first-order valence-corrected chi connectivity index (χ1v) is 14.3. The fourth-order valence-corrected chi connectivity index (χ4v) is 5.57. The topological polar surface area (TPSA) is 86.8 Å². The summed E-state index contributed by atoms with van der Waals surface area (Å²) in [6.45, 7) is 9.42. The van der Waals surface area contributed by atoms with E-state index in [1.165, 1.54) is 4.90 Å². The van der Waals surface area contributed by atoms with E-state index >= 15 is 0 Å². The molecule has 0 bridgehead atoms. The van der Waals surface area contributed by atoms with Crippen molar-refractivity contribution >= 4 is 27.5 Å².